The van der Waals surface area contributed by atoms with Crippen LogP contribution in [0.3, 0.4) is 0 Å². The number of fused-ring (bicyclic) bond motifs is 1. The minimum absolute atomic E-state index is 0.335. The van der Waals surface area contributed by atoms with Gasteiger partial charge in [-0.1, -0.05) is 49.7 Å². The minimum Gasteiger partial charge on any atom is -0.477 e. The fraction of sp³-hybridized carbons (Fsp3) is 0.375. The number of aromatic nitrogens is 1. The third kappa shape index (κ3) is 2.75. The summed E-state index contributed by atoms with van der Waals surface area (Å²) in [5, 5.41) is 1.03. The summed E-state index contributed by atoms with van der Waals surface area (Å²) in [6, 6.07) is 9.88. The fourth-order valence-corrected chi connectivity index (χ4v) is 2.63. The van der Waals surface area contributed by atoms with Crippen molar-refractivity contribution in [3.8, 4) is 5.88 Å². The average molecular weight is 286 g/mol. The van der Waals surface area contributed by atoms with Crippen LogP contribution in [0, 0.1) is 5.92 Å². The maximum atomic E-state index is 5.83. The molecule has 0 bridgehead atoms. The smallest absolute Gasteiger partial charge is 0.224 e. The van der Waals surface area contributed by atoms with Gasteiger partial charge in [-0.3, -0.25) is 0 Å². The van der Waals surface area contributed by atoms with E-state index in [2.05, 4.69) is 4.98 Å². The summed E-state index contributed by atoms with van der Waals surface area (Å²) in [5.74, 6) is 1.39. The largest absolute Gasteiger partial charge is 0.477 e. The number of hydrogen-bond acceptors (Lipinski definition) is 3. The van der Waals surface area contributed by atoms with Gasteiger partial charge in [0.2, 0.25) is 5.88 Å². The number of nitrogens with zero attached hydrogens (tertiary/aromatic N) is 1. The van der Waals surface area contributed by atoms with Gasteiger partial charge in [-0.2, -0.15) is 0 Å². The SMILES string of the molecule is NC(=S)c1cc2ccccc2nc1OCCC1CCC1. The van der Waals surface area contributed by atoms with E-state index in [1.165, 1.54) is 19.3 Å². The summed E-state index contributed by atoms with van der Waals surface area (Å²) in [6.07, 6.45) is 5.11. The lowest BCUT2D eigenvalue weighted by molar-refractivity contribution is 0.217. The van der Waals surface area contributed by atoms with E-state index in [1.807, 2.05) is 30.3 Å². The molecule has 0 atom stereocenters. The summed E-state index contributed by atoms with van der Waals surface area (Å²) in [4.78, 5) is 4.88. The minimum atomic E-state index is 0.335. The van der Waals surface area contributed by atoms with Crippen molar-refractivity contribution in [1.82, 2.24) is 4.98 Å². The van der Waals surface area contributed by atoms with Crippen molar-refractivity contribution in [1.29, 1.82) is 0 Å². The fourth-order valence-electron chi connectivity index (χ4n) is 2.49. The number of thiocarbonyl (C=S) groups is 1. The quantitative estimate of drug-likeness (QED) is 0.855. The Balaban J connectivity index is 1.82. The molecule has 2 N–H and O–H groups in total. The summed E-state index contributed by atoms with van der Waals surface area (Å²) in [6.45, 7) is 0.686. The number of pyridine rings is 1. The highest BCUT2D eigenvalue weighted by molar-refractivity contribution is 7.80. The maximum Gasteiger partial charge on any atom is 0.224 e. The molecule has 104 valence electrons. The van der Waals surface area contributed by atoms with Crippen LogP contribution >= 0.6 is 12.2 Å². The highest BCUT2D eigenvalue weighted by Crippen LogP contribution is 2.30. The molecule has 0 aliphatic heterocycles. The molecule has 1 aromatic heterocycles. The van der Waals surface area contributed by atoms with Crippen LogP contribution in [-0.2, 0) is 0 Å². The Kier molecular flexibility index (Phi) is 3.83. The zero-order valence-corrected chi connectivity index (χ0v) is 12.2. The molecule has 4 heteroatoms. The number of nitrogens with two attached hydrogens (primary N) is 1. The van der Waals surface area contributed by atoms with Crippen LogP contribution in [0.2, 0.25) is 0 Å². The van der Waals surface area contributed by atoms with E-state index in [0.717, 1.165) is 28.8 Å². The molecule has 0 radical (unpaired) electrons. The van der Waals surface area contributed by atoms with Crippen molar-refractivity contribution in [3.63, 3.8) is 0 Å². The first-order chi connectivity index (χ1) is 9.74. The molecule has 3 rings (SSSR count). The van der Waals surface area contributed by atoms with Gasteiger partial charge >= 0.3 is 0 Å². The number of benzene rings is 1. The van der Waals surface area contributed by atoms with Gasteiger partial charge in [0.05, 0.1) is 17.7 Å². The van der Waals surface area contributed by atoms with Gasteiger partial charge in [-0.05, 0) is 24.5 Å². The van der Waals surface area contributed by atoms with Gasteiger partial charge in [-0.15, -0.1) is 0 Å². The van der Waals surface area contributed by atoms with Crippen LogP contribution in [0.15, 0.2) is 30.3 Å². The second-order valence-corrected chi connectivity index (χ2v) is 5.77. The molecule has 1 aliphatic carbocycles. The van der Waals surface area contributed by atoms with Crippen LogP contribution in [0.4, 0.5) is 0 Å². The highest BCUT2D eigenvalue weighted by Gasteiger charge is 2.18. The molecule has 0 saturated heterocycles. The molecule has 0 spiro atoms. The maximum absolute atomic E-state index is 5.83. The van der Waals surface area contributed by atoms with Crippen molar-refractivity contribution in [2.45, 2.75) is 25.7 Å². The van der Waals surface area contributed by atoms with E-state index in [4.69, 9.17) is 22.7 Å². The summed E-state index contributed by atoms with van der Waals surface area (Å²) in [7, 11) is 0. The number of rotatable bonds is 5. The van der Waals surface area contributed by atoms with Crippen molar-refractivity contribution >= 4 is 28.1 Å². The predicted molar refractivity (Wildman–Crippen MR) is 85.1 cm³/mol. The van der Waals surface area contributed by atoms with Crippen LogP contribution < -0.4 is 10.5 Å². The van der Waals surface area contributed by atoms with E-state index >= 15 is 0 Å². The van der Waals surface area contributed by atoms with E-state index in [-0.39, 0.29) is 0 Å². The van der Waals surface area contributed by atoms with Crippen LogP contribution in [0.1, 0.15) is 31.2 Å². The lowest BCUT2D eigenvalue weighted by atomic mass is 9.83. The van der Waals surface area contributed by atoms with E-state index in [0.29, 0.717) is 17.5 Å². The first-order valence-corrected chi connectivity index (χ1v) is 7.47. The normalized spacial score (nSPS) is 15.0. The second-order valence-electron chi connectivity index (χ2n) is 5.33. The van der Waals surface area contributed by atoms with Crippen LogP contribution in [0.5, 0.6) is 5.88 Å². The Morgan fingerprint density at radius 2 is 2.15 bits per heavy atom. The Hall–Kier alpha value is -1.68. The van der Waals surface area contributed by atoms with Crippen molar-refractivity contribution in [3.05, 3.63) is 35.9 Å². The number of ether oxygens (including phenoxy) is 1. The zero-order chi connectivity index (χ0) is 13.9. The Labute approximate surface area is 124 Å². The summed E-state index contributed by atoms with van der Waals surface area (Å²) < 4.78 is 5.83. The van der Waals surface area contributed by atoms with Gasteiger partial charge < -0.3 is 10.5 Å². The molecule has 20 heavy (non-hydrogen) atoms. The van der Waals surface area contributed by atoms with Gasteiger partial charge in [-0.25, -0.2) is 4.98 Å². The van der Waals surface area contributed by atoms with Gasteiger partial charge in [0.1, 0.15) is 4.99 Å². The average Bonchev–Trinajstić information content (AvgIpc) is 2.40. The molecule has 1 fully saturated rings. The molecule has 0 amide bonds. The van der Waals surface area contributed by atoms with Gasteiger partial charge in [0.15, 0.2) is 0 Å². The van der Waals surface area contributed by atoms with E-state index in [9.17, 15) is 0 Å². The molecule has 1 heterocycles. The highest BCUT2D eigenvalue weighted by atomic mass is 32.1. The number of para-hydroxylation sites is 1. The molecule has 2 aromatic rings. The topological polar surface area (TPSA) is 48.1 Å². The van der Waals surface area contributed by atoms with Crippen LogP contribution in [-0.4, -0.2) is 16.6 Å². The zero-order valence-electron chi connectivity index (χ0n) is 11.3. The number of hydrogen-bond donors (Lipinski definition) is 1. The molecular weight excluding hydrogens is 268 g/mol. The molecule has 0 unspecified atom stereocenters. The van der Waals surface area contributed by atoms with Gasteiger partial charge in [0.25, 0.3) is 0 Å². The first-order valence-electron chi connectivity index (χ1n) is 7.06. The van der Waals surface area contributed by atoms with E-state index in [1.54, 1.807) is 0 Å². The van der Waals surface area contributed by atoms with Gasteiger partial charge in [0, 0.05) is 5.39 Å². The Morgan fingerprint density at radius 3 is 2.85 bits per heavy atom. The third-order valence-electron chi connectivity index (χ3n) is 3.94. The molecule has 1 saturated carbocycles. The Morgan fingerprint density at radius 1 is 1.35 bits per heavy atom. The van der Waals surface area contributed by atoms with Crippen molar-refractivity contribution in [2.24, 2.45) is 11.7 Å². The second kappa shape index (κ2) is 5.75. The van der Waals surface area contributed by atoms with E-state index < -0.39 is 0 Å². The summed E-state index contributed by atoms with van der Waals surface area (Å²) >= 11 is 5.11. The van der Waals surface area contributed by atoms with Crippen molar-refractivity contribution < 1.29 is 4.74 Å². The van der Waals surface area contributed by atoms with Crippen molar-refractivity contribution in [2.75, 3.05) is 6.61 Å². The lowest BCUT2D eigenvalue weighted by Gasteiger charge is -2.25. The lowest BCUT2D eigenvalue weighted by Crippen LogP contribution is -2.17. The molecular formula is C16H18N2OS. The molecule has 3 nitrogen and oxygen atoms in total. The summed E-state index contributed by atoms with van der Waals surface area (Å²) in [5.41, 5.74) is 7.42. The molecule has 1 aromatic carbocycles. The monoisotopic (exact) mass is 286 g/mol. The standard InChI is InChI=1S/C16H18N2OS/c17-15(20)13-10-12-6-1-2-7-14(12)18-16(13)19-9-8-11-4-3-5-11/h1-2,6-7,10-11H,3-5,8-9H2,(H2,17,20). The molecule has 1 aliphatic rings. The predicted octanol–water partition coefficient (Wildman–Crippen LogP) is 3.44. The van der Waals surface area contributed by atoms with Crippen LogP contribution in [0.25, 0.3) is 10.9 Å². The third-order valence-corrected chi connectivity index (χ3v) is 4.16. The Bertz CT molecular complexity index is 637. The first kappa shape index (κ1) is 13.3.